The molecular weight excluding hydrogens is 224 g/mol. The highest BCUT2D eigenvalue weighted by molar-refractivity contribution is 7.08. The number of amides is 1. The lowest BCUT2D eigenvalue weighted by molar-refractivity contribution is -0.114. The van der Waals surface area contributed by atoms with E-state index in [-0.39, 0.29) is 12.5 Å². The van der Waals surface area contributed by atoms with E-state index in [2.05, 4.69) is 20.6 Å². The lowest BCUT2D eigenvalue weighted by Crippen LogP contribution is -2.28. The van der Waals surface area contributed by atoms with Gasteiger partial charge in [-0.2, -0.15) is 11.3 Å². The number of aromatic nitrogens is 2. The molecule has 2 N–H and O–H groups in total. The van der Waals surface area contributed by atoms with Crippen LogP contribution in [0.3, 0.4) is 0 Å². The van der Waals surface area contributed by atoms with Gasteiger partial charge in [-0.05, 0) is 11.4 Å². The number of carbonyl (C=O) groups is 1. The summed E-state index contributed by atoms with van der Waals surface area (Å²) in [6.45, 7) is 0.257. The predicted molar refractivity (Wildman–Crippen MR) is 62.5 cm³/mol. The first kappa shape index (κ1) is 9.29. The molecular formula is C10H8N4OS. The molecule has 2 aromatic rings. The Balaban J connectivity index is 2.03. The molecule has 5 nitrogen and oxygen atoms in total. The second kappa shape index (κ2) is 3.57. The van der Waals surface area contributed by atoms with Gasteiger partial charge in [0.15, 0.2) is 11.6 Å². The lowest BCUT2D eigenvalue weighted by Gasteiger charge is -2.17. The third-order valence-corrected chi connectivity index (χ3v) is 2.94. The Morgan fingerprint density at radius 3 is 3.19 bits per heavy atom. The van der Waals surface area contributed by atoms with Crippen LogP contribution < -0.4 is 10.6 Å². The number of rotatable bonds is 1. The topological polar surface area (TPSA) is 66.9 Å². The summed E-state index contributed by atoms with van der Waals surface area (Å²) in [5.41, 5.74) is 1.63. The fourth-order valence-corrected chi connectivity index (χ4v) is 2.13. The Labute approximate surface area is 95.6 Å². The molecule has 1 aliphatic rings. The summed E-state index contributed by atoms with van der Waals surface area (Å²) < 4.78 is 0. The third kappa shape index (κ3) is 1.53. The average molecular weight is 232 g/mol. The fraction of sp³-hybridized carbons (Fsp3) is 0.100. The zero-order valence-electron chi connectivity index (χ0n) is 8.23. The normalized spacial score (nSPS) is 13.9. The number of hydrogen-bond acceptors (Lipinski definition) is 5. The second-order valence-corrected chi connectivity index (χ2v) is 4.15. The number of fused-ring (bicyclic) bond motifs is 1. The molecule has 3 heterocycles. The van der Waals surface area contributed by atoms with Crippen molar-refractivity contribution in [3.05, 3.63) is 23.0 Å². The minimum Gasteiger partial charge on any atom is -0.359 e. The smallest absolute Gasteiger partial charge is 0.243 e. The van der Waals surface area contributed by atoms with Crippen LogP contribution in [0.4, 0.5) is 11.5 Å². The molecule has 0 saturated carbocycles. The van der Waals surface area contributed by atoms with E-state index in [1.165, 1.54) is 0 Å². The van der Waals surface area contributed by atoms with Gasteiger partial charge in [-0.25, -0.2) is 9.97 Å². The van der Waals surface area contributed by atoms with E-state index in [9.17, 15) is 4.79 Å². The first-order chi connectivity index (χ1) is 7.83. The zero-order chi connectivity index (χ0) is 11.0. The van der Waals surface area contributed by atoms with Crippen LogP contribution in [0.15, 0.2) is 23.0 Å². The van der Waals surface area contributed by atoms with Crippen LogP contribution in [0, 0.1) is 0 Å². The van der Waals surface area contributed by atoms with Crippen molar-refractivity contribution in [3.8, 4) is 11.4 Å². The highest BCUT2D eigenvalue weighted by atomic mass is 32.1. The van der Waals surface area contributed by atoms with E-state index >= 15 is 0 Å². The minimum absolute atomic E-state index is 0.0700. The summed E-state index contributed by atoms with van der Waals surface area (Å²) in [6.07, 6.45) is 1.62. The molecule has 0 aromatic carbocycles. The highest BCUT2D eigenvalue weighted by Crippen LogP contribution is 2.25. The molecule has 1 amide bonds. The van der Waals surface area contributed by atoms with Crippen LogP contribution in [0.25, 0.3) is 11.4 Å². The van der Waals surface area contributed by atoms with Crippen molar-refractivity contribution in [2.45, 2.75) is 0 Å². The largest absolute Gasteiger partial charge is 0.359 e. The molecule has 0 atom stereocenters. The molecule has 0 unspecified atom stereocenters. The standard InChI is InChI=1S/C10H8N4OS/c15-8-4-12-10-7(13-8)3-11-9(14-10)6-1-2-16-5-6/h1-3,5H,4H2,(H,13,15)(H,11,12,14). The lowest BCUT2D eigenvalue weighted by atomic mass is 10.3. The molecule has 0 fully saturated rings. The van der Waals surface area contributed by atoms with E-state index in [0.29, 0.717) is 17.3 Å². The number of nitrogens with one attached hydrogen (secondary N) is 2. The molecule has 3 rings (SSSR count). The Hall–Kier alpha value is -1.95. The minimum atomic E-state index is -0.0700. The number of carbonyl (C=O) groups excluding carboxylic acids is 1. The fourth-order valence-electron chi connectivity index (χ4n) is 1.50. The van der Waals surface area contributed by atoms with Crippen LogP contribution in [0.2, 0.25) is 0 Å². The number of hydrogen-bond donors (Lipinski definition) is 2. The Morgan fingerprint density at radius 2 is 2.38 bits per heavy atom. The van der Waals surface area contributed by atoms with Gasteiger partial charge in [-0.3, -0.25) is 4.79 Å². The van der Waals surface area contributed by atoms with Gasteiger partial charge in [0.05, 0.1) is 12.7 Å². The predicted octanol–water partition coefficient (Wildman–Crippen LogP) is 1.57. The maximum absolute atomic E-state index is 11.1. The third-order valence-electron chi connectivity index (χ3n) is 2.26. The van der Waals surface area contributed by atoms with E-state index in [4.69, 9.17) is 0 Å². The van der Waals surface area contributed by atoms with Crippen molar-refractivity contribution in [3.63, 3.8) is 0 Å². The zero-order valence-corrected chi connectivity index (χ0v) is 9.04. The van der Waals surface area contributed by atoms with Crippen molar-refractivity contribution in [1.29, 1.82) is 0 Å². The van der Waals surface area contributed by atoms with Crippen molar-refractivity contribution >= 4 is 28.7 Å². The van der Waals surface area contributed by atoms with Crippen molar-refractivity contribution in [1.82, 2.24) is 9.97 Å². The summed E-state index contributed by atoms with van der Waals surface area (Å²) in [6, 6.07) is 1.97. The summed E-state index contributed by atoms with van der Waals surface area (Å²) in [5.74, 6) is 1.28. The van der Waals surface area contributed by atoms with E-state index in [1.54, 1.807) is 17.5 Å². The van der Waals surface area contributed by atoms with Crippen LogP contribution >= 0.6 is 11.3 Å². The molecule has 2 aromatic heterocycles. The van der Waals surface area contributed by atoms with Gasteiger partial charge in [0, 0.05) is 10.9 Å². The Morgan fingerprint density at radius 1 is 1.44 bits per heavy atom. The van der Waals surface area contributed by atoms with Crippen LogP contribution in [-0.2, 0) is 4.79 Å². The molecule has 1 aliphatic heterocycles. The van der Waals surface area contributed by atoms with Gasteiger partial charge < -0.3 is 10.6 Å². The van der Waals surface area contributed by atoms with Gasteiger partial charge in [-0.1, -0.05) is 0 Å². The number of thiophene rings is 1. The number of nitrogens with zero attached hydrogens (tertiary/aromatic N) is 2. The highest BCUT2D eigenvalue weighted by Gasteiger charge is 2.16. The summed E-state index contributed by atoms with van der Waals surface area (Å²) in [7, 11) is 0. The average Bonchev–Trinajstić information content (AvgIpc) is 2.82. The van der Waals surface area contributed by atoms with E-state index in [1.807, 2.05) is 16.8 Å². The van der Waals surface area contributed by atoms with Gasteiger partial charge in [0.25, 0.3) is 0 Å². The van der Waals surface area contributed by atoms with E-state index < -0.39 is 0 Å². The van der Waals surface area contributed by atoms with Crippen molar-refractivity contribution in [2.75, 3.05) is 17.2 Å². The quantitative estimate of drug-likeness (QED) is 0.783. The molecule has 0 spiro atoms. The van der Waals surface area contributed by atoms with Crippen LogP contribution in [0.5, 0.6) is 0 Å². The monoisotopic (exact) mass is 232 g/mol. The number of anilines is 2. The molecule has 16 heavy (non-hydrogen) atoms. The molecule has 0 saturated heterocycles. The molecule has 80 valence electrons. The van der Waals surface area contributed by atoms with E-state index in [0.717, 1.165) is 5.56 Å². The van der Waals surface area contributed by atoms with Gasteiger partial charge in [0.2, 0.25) is 5.91 Å². The van der Waals surface area contributed by atoms with Gasteiger partial charge in [-0.15, -0.1) is 0 Å². The molecule has 6 heteroatoms. The molecule has 0 aliphatic carbocycles. The van der Waals surface area contributed by atoms with Crippen LogP contribution in [0.1, 0.15) is 0 Å². The first-order valence-corrected chi connectivity index (χ1v) is 5.70. The van der Waals surface area contributed by atoms with Crippen molar-refractivity contribution in [2.24, 2.45) is 0 Å². The summed E-state index contributed by atoms with van der Waals surface area (Å²) in [5, 5.41) is 9.63. The first-order valence-electron chi connectivity index (χ1n) is 4.76. The Bertz CT molecular complexity index is 538. The maximum Gasteiger partial charge on any atom is 0.243 e. The molecule has 0 radical (unpaired) electrons. The summed E-state index contributed by atoms with van der Waals surface area (Å²) >= 11 is 1.60. The second-order valence-electron chi connectivity index (χ2n) is 3.37. The Kier molecular flexibility index (Phi) is 2.07. The van der Waals surface area contributed by atoms with Gasteiger partial charge in [0.1, 0.15) is 5.69 Å². The molecule has 0 bridgehead atoms. The van der Waals surface area contributed by atoms with Crippen molar-refractivity contribution < 1.29 is 4.79 Å². The van der Waals surface area contributed by atoms with Crippen LogP contribution in [-0.4, -0.2) is 22.4 Å². The maximum atomic E-state index is 11.1. The summed E-state index contributed by atoms with van der Waals surface area (Å²) in [4.78, 5) is 19.7. The SMILES string of the molecule is O=C1CNc2nc(-c3ccsc3)ncc2N1. The van der Waals surface area contributed by atoms with Gasteiger partial charge >= 0.3 is 0 Å².